The number of nitrogens with zero attached hydrogens (tertiary/aromatic N) is 2. The minimum absolute atomic E-state index is 0.0105. The number of hydrogen-bond donors (Lipinski definition) is 2. The Balaban J connectivity index is 1.39. The summed E-state index contributed by atoms with van der Waals surface area (Å²) in [6, 6.07) is -0.627. The number of rotatable bonds is 4. The summed E-state index contributed by atoms with van der Waals surface area (Å²) in [5.41, 5.74) is 0. The first-order valence-corrected chi connectivity index (χ1v) is 10.8. The monoisotopic (exact) mass is 421 g/mol. The zero-order valence-corrected chi connectivity index (χ0v) is 17.2. The lowest BCUT2D eigenvalue weighted by molar-refractivity contribution is -0.183. The molecule has 1 aliphatic heterocycles. The average Bonchev–Trinajstić information content (AvgIpc) is 2.69. The van der Waals surface area contributed by atoms with E-state index in [4.69, 9.17) is 4.74 Å². The van der Waals surface area contributed by atoms with Crippen LogP contribution in [-0.4, -0.2) is 85.2 Å². The van der Waals surface area contributed by atoms with E-state index in [2.05, 4.69) is 10.2 Å². The quantitative estimate of drug-likeness (QED) is 0.733. The van der Waals surface area contributed by atoms with Crippen molar-refractivity contribution in [1.29, 1.82) is 0 Å². The minimum atomic E-state index is -4.17. The molecular weight excluding hydrogens is 387 g/mol. The van der Waals surface area contributed by atoms with Gasteiger partial charge in [-0.2, -0.15) is 13.2 Å². The molecule has 3 rings (SSSR count). The maximum absolute atomic E-state index is 13.0. The van der Waals surface area contributed by atoms with Gasteiger partial charge in [-0.05, 0) is 44.4 Å². The predicted octanol–water partition coefficient (Wildman–Crippen LogP) is 2.61. The van der Waals surface area contributed by atoms with Crippen LogP contribution in [0.15, 0.2) is 0 Å². The van der Waals surface area contributed by atoms with Crippen LogP contribution in [-0.2, 0) is 4.74 Å². The highest BCUT2D eigenvalue weighted by molar-refractivity contribution is 5.74. The lowest BCUT2D eigenvalue weighted by Crippen LogP contribution is -2.55. The van der Waals surface area contributed by atoms with Crippen molar-refractivity contribution in [2.75, 3.05) is 39.8 Å². The molecule has 0 aromatic heterocycles. The molecule has 9 heteroatoms. The number of amides is 2. The molecule has 0 aromatic rings. The van der Waals surface area contributed by atoms with E-state index in [1.165, 1.54) is 0 Å². The molecule has 0 spiro atoms. The third-order valence-corrected chi connectivity index (χ3v) is 6.81. The van der Waals surface area contributed by atoms with E-state index >= 15 is 0 Å². The molecule has 2 aliphatic carbocycles. The molecule has 168 valence electrons. The Morgan fingerprint density at radius 2 is 1.83 bits per heavy atom. The predicted molar refractivity (Wildman–Crippen MR) is 102 cm³/mol. The second-order valence-electron chi connectivity index (χ2n) is 8.86. The largest absolute Gasteiger partial charge is 0.391 e. The summed E-state index contributed by atoms with van der Waals surface area (Å²) < 4.78 is 44.3. The Hall–Kier alpha value is -1.06. The van der Waals surface area contributed by atoms with Crippen molar-refractivity contribution in [3.05, 3.63) is 0 Å². The number of ether oxygens (including phenoxy) is 1. The minimum Gasteiger partial charge on any atom is -0.390 e. The van der Waals surface area contributed by atoms with Gasteiger partial charge in [-0.15, -0.1) is 0 Å². The maximum atomic E-state index is 13.0. The smallest absolute Gasteiger partial charge is 0.390 e. The van der Waals surface area contributed by atoms with E-state index in [9.17, 15) is 23.1 Å². The number of nitrogens with one attached hydrogen (secondary N) is 1. The van der Waals surface area contributed by atoms with Gasteiger partial charge in [0, 0.05) is 45.9 Å². The molecule has 6 nitrogen and oxygen atoms in total. The Kier molecular flexibility index (Phi) is 7.67. The van der Waals surface area contributed by atoms with Gasteiger partial charge >= 0.3 is 12.2 Å². The molecule has 1 saturated heterocycles. The van der Waals surface area contributed by atoms with Crippen LogP contribution in [0.3, 0.4) is 0 Å². The SMILES string of the molecule is COC1CC(CN2CCN(C(=O)NC3CCCC(C(F)(F)F)C3)CC2)CCC1O. The van der Waals surface area contributed by atoms with Crippen LogP contribution in [0.5, 0.6) is 0 Å². The molecule has 3 aliphatic rings. The van der Waals surface area contributed by atoms with Gasteiger partial charge in [0.1, 0.15) is 0 Å². The van der Waals surface area contributed by atoms with E-state index in [1.54, 1.807) is 12.0 Å². The van der Waals surface area contributed by atoms with E-state index in [0.29, 0.717) is 31.8 Å². The number of carbonyl (C=O) groups is 1. The maximum Gasteiger partial charge on any atom is 0.391 e. The number of hydrogen-bond acceptors (Lipinski definition) is 4. The van der Waals surface area contributed by atoms with E-state index < -0.39 is 12.1 Å². The van der Waals surface area contributed by atoms with Gasteiger partial charge < -0.3 is 20.1 Å². The summed E-state index contributed by atoms with van der Waals surface area (Å²) in [4.78, 5) is 16.6. The second kappa shape index (κ2) is 9.83. The first-order valence-electron chi connectivity index (χ1n) is 10.8. The lowest BCUT2D eigenvalue weighted by atomic mass is 9.85. The highest BCUT2D eigenvalue weighted by Gasteiger charge is 2.42. The van der Waals surface area contributed by atoms with Gasteiger partial charge in [-0.25, -0.2) is 4.79 Å². The molecule has 5 atom stereocenters. The molecule has 0 radical (unpaired) electrons. The average molecular weight is 422 g/mol. The van der Waals surface area contributed by atoms with Gasteiger partial charge in [-0.3, -0.25) is 4.90 Å². The number of alkyl halides is 3. The highest BCUT2D eigenvalue weighted by Crippen LogP contribution is 2.37. The zero-order chi connectivity index (χ0) is 21.0. The van der Waals surface area contributed by atoms with Crippen molar-refractivity contribution < 1.29 is 27.8 Å². The number of halogens is 3. The number of carbonyl (C=O) groups excluding carboxylic acids is 1. The number of methoxy groups -OCH3 is 1. The molecule has 0 aromatic carbocycles. The van der Waals surface area contributed by atoms with Gasteiger partial charge in [0.15, 0.2) is 0 Å². The summed E-state index contributed by atoms with van der Waals surface area (Å²) in [5.74, 6) is -0.825. The molecule has 3 fully saturated rings. The Morgan fingerprint density at radius 3 is 2.48 bits per heavy atom. The Morgan fingerprint density at radius 1 is 1.10 bits per heavy atom. The van der Waals surface area contributed by atoms with E-state index in [1.807, 2.05) is 0 Å². The van der Waals surface area contributed by atoms with Crippen LogP contribution in [0.2, 0.25) is 0 Å². The van der Waals surface area contributed by atoms with E-state index in [-0.39, 0.29) is 37.1 Å². The fraction of sp³-hybridized carbons (Fsp3) is 0.950. The number of piperazine rings is 1. The second-order valence-corrected chi connectivity index (χ2v) is 8.86. The molecular formula is C20H34F3N3O3. The molecule has 1 heterocycles. The van der Waals surface area contributed by atoms with Crippen molar-refractivity contribution >= 4 is 6.03 Å². The fourth-order valence-corrected chi connectivity index (χ4v) is 5.00. The molecule has 2 N–H and O–H groups in total. The first-order chi connectivity index (χ1) is 13.8. The third kappa shape index (κ3) is 6.21. The summed E-state index contributed by atoms with van der Waals surface area (Å²) >= 11 is 0. The Bertz CT molecular complexity index is 541. The summed E-state index contributed by atoms with van der Waals surface area (Å²) in [5, 5.41) is 12.8. The zero-order valence-electron chi connectivity index (χ0n) is 17.2. The van der Waals surface area contributed by atoms with Gasteiger partial charge in [0.2, 0.25) is 0 Å². The molecule has 2 saturated carbocycles. The molecule has 29 heavy (non-hydrogen) atoms. The van der Waals surface area contributed by atoms with Crippen LogP contribution in [0.25, 0.3) is 0 Å². The highest BCUT2D eigenvalue weighted by atomic mass is 19.4. The van der Waals surface area contributed by atoms with Crippen molar-refractivity contribution in [2.45, 2.75) is 69.4 Å². The number of aliphatic hydroxyl groups excluding tert-OH is 1. The summed E-state index contributed by atoms with van der Waals surface area (Å²) in [7, 11) is 1.64. The van der Waals surface area contributed by atoms with Gasteiger partial charge in [0.05, 0.1) is 18.1 Å². The first kappa shape index (κ1) is 22.6. The van der Waals surface area contributed by atoms with Crippen LogP contribution >= 0.6 is 0 Å². The lowest BCUT2D eigenvalue weighted by Gasteiger charge is -2.40. The number of aliphatic hydroxyl groups is 1. The summed E-state index contributed by atoms with van der Waals surface area (Å²) in [6.45, 7) is 3.63. The standard InChI is InChI=1S/C20H34F3N3O3/c1-29-18-11-14(5-6-17(18)27)13-25-7-9-26(10-8-25)19(28)24-16-4-2-3-15(12-16)20(21,22)23/h14-18,27H,2-13H2,1H3,(H,24,28). The van der Waals surface area contributed by atoms with Crippen molar-refractivity contribution in [3.63, 3.8) is 0 Å². The van der Waals surface area contributed by atoms with Crippen LogP contribution in [0, 0.1) is 11.8 Å². The van der Waals surface area contributed by atoms with Crippen LogP contribution < -0.4 is 5.32 Å². The molecule has 5 unspecified atom stereocenters. The van der Waals surface area contributed by atoms with E-state index in [0.717, 1.165) is 38.9 Å². The topological polar surface area (TPSA) is 65.0 Å². The van der Waals surface area contributed by atoms with Crippen LogP contribution in [0.4, 0.5) is 18.0 Å². The van der Waals surface area contributed by atoms with Crippen molar-refractivity contribution in [3.8, 4) is 0 Å². The molecule has 0 bridgehead atoms. The molecule has 2 amide bonds. The van der Waals surface area contributed by atoms with Gasteiger partial charge in [-0.1, -0.05) is 6.42 Å². The summed E-state index contributed by atoms with van der Waals surface area (Å²) in [6.07, 6.45) is -0.804. The van der Waals surface area contributed by atoms with Crippen molar-refractivity contribution in [1.82, 2.24) is 15.1 Å². The third-order valence-electron chi connectivity index (χ3n) is 6.81. The van der Waals surface area contributed by atoms with Crippen molar-refractivity contribution in [2.24, 2.45) is 11.8 Å². The fourth-order valence-electron chi connectivity index (χ4n) is 5.00. The normalized spacial score (nSPS) is 34.8. The van der Waals surface area contributed by atoms with Crippen LogP contribution in [0.1, 0.15) is 44.9 Å². The Labute approximate surface area is 170 Å². The van der Waals surface area contributed by atoms with Gasteiger partial charge in [0.25, 0.3) is 0 Å². The number of urea groups is 1.